The van der Waals surface area contributed by atoms with Crippen molar-refractivity contribution in [3.05, 3.63) is 89.2 Å². The molecule has 0 saturated heterocycles. The summed E-state index contributed by atoms with van der Waals surface area (Å²) in [5.41, 5.74) is 8.20. The summed E-state index contributed by atoms with van der Waals surface area (Å²) in [5.74, 6) is 0.655. The molecule has 0 radical (unpaired) electrons. The molecule has 7 nitrogen and oxygen atoms in total. The highest BCUT2D eigenvalue weighted by Gasteiger charge is 2.20. The molecular formula is C22H15N5O2. The first kappa shape index (κ1) is 16.9. The maximum absolute atomic E-state index is 13.3. The van der Waals surface area contributed by atoms with E-state index in [4.69, 9.17) is 15.1 Å². The monoisotopic (exact) mass is 381 g/mol. The van der Waals surface area contributed by atoms with Gasteiger partial charge in [-0.1, -0.05) is 59.7 Å². The van der Waals surface area contributed by atoms with Gasteiger partial charge in [-0.3, -0.25) is 4.79 Å². The molecule has 0 fully saturated rings. The zero-order chi connectivity index (χ0) is 19.8. The number of hydrogen-bond donors (Lipinski definition) is 1. The average Bonchev–Trinajstić information content (AvgIpc) is 3.24. The van der Waals surface area contributed by atoms with Crippen LogP contribution >= 0.6 is 0 Å². The molecule has 0 unspecified atom stereocenters. The van der Waals surface area contributed by atoms with Gasteiger partial charge in [0.2, 0.25) is 0 Å². The van der Waals surface area contributed by atoms with Crippen LogP contribution in [0.1, 0.15) is 0 Å². The van der Waals surface area contributed by atoms with Crippen LogP contribution in [0.15, 0.2) is 88.1 Å². The molecule has 0 aliphatic rings. The number of nitrogens with two attached hydrogens (primary N) is 1. The van der Waals surface area contributed by atoms with Crippen LogP contribution in [0.4, 0.5) is 5.69 Å². The van der Waals surface area contributed by atoms with Crippen LogP contribution in [-0.4, -0.2) is 19.7 Å². The van der Waals surface area contributed by atoms with E-state index in [2.05, 4.69) is 10.2 Å². The normalized spacial score (nSPS) is 11.0. The topological polar surface area (TPSA) is 99.8 Å². The highest BCUT2D eigenvalue weighted by atomic mass is 16.4. The number of nitrogens with zero attached hydrogens (tertiary/aromatic N) is 4. The Balaban J connectivity index is 1.78. The zero-order valence-electron chi connectivity index (χ0n) is 15.2. The third kappa shape index (κ3) is 2.85. The molecule has 5 rings (SSSR count). The molecule has 0 amide bonds. The molecule has 0 atom stereocenters. The molecule has 0 saturated carbocycles. The fourth-order valence-electron chi connectivity index (χ4n) is 3.20. The number of benzene rings is 3. The van der Waals surface area contributed by atoms with Crippen molar-refractivity contribution in [2.75, 3.05) is 5.73 Å². The van der Waals surface area contributed by atoms with Crippen molar-refractivity contribution in [2.45, 2.75) is 0 Å². The van der Waals surface area contributed by atoms with E-state index in [1.807, 2.05) is 48.5 Å². The molecule has 0 aliphatic heterocycles. The van der Waals surface area contributed by atoms with E-state index in [1.54, 1.807) is 30.3 Å². The van der Waals surface area contributed by atoms with Gasteiger partial charge in [0.15, 0.2) is 5.82 Å². The van der Waals surface area contributed by atoms with E-state index in [1.165, 1.54) is 4.57 Å². The number of anilines is 1. The van der Waals surface area contributed by atoms with Crippen molar-refractivity contribution in [1.29, 1.82) is 0 Å². The van der Waals surface area contributed by atoms with Crippen LogP contribution < -0.4 is 11.3 Å². The van der Waals surface area contributed by atoms with E-state index in [0.29, 0.717) is 28.0 Å². The van der Waals surface area contributed by atoms with E-state index in [0.717, 1.165) is 5.56 Å². The fourth-order valence-corrected chi connectivity index (χ4v) is 3.20. The standard InChI is InChI=1S/C22H15N5O2/c23-17-12-6-4-10-15(17)20-25-26-22(29-20)27-19(14-8-2-1-3-9-14)24-18-13-7-5-11-16(18)21(27)28/h1-13H,23H2. The summed E-state index contributed by atoms with van der Waals surface area (Å²) in [7, 11) is 0. The number of aromatic nitrogens is 4. The van der Waals surface area contributed by atoms with E-state index >= 15 is 0 Å². The van der Waals surface area contributed by atoms with Crippen LogP contribution in [0, 0.1) is 0 Å². The van der Waals surface area contributed by atoms with Crippen LogP contribution in [0.2, 0.25) is 0 Å². The lowest BCUT2D eigenvalue weighted by molar-refractivity contribution is 0.533. The number of para-hydroxylation sites is 2. The van der Waals surface area contributed by atoms with Gasteiger partial charge in [0.25, 0.3) is 11.4 Å². The van der Waals surface area contributed by atoms with E-state index in [9.17, 15) is 4.79 Å². The van der Waals surface area contributed by atoms with Crippen molar-refractivity contribution in [3.8, 4) is 28.9 Å². The minimum atomic E-state index is -0.286. The third-order valence-corrected chi connectivity index (χ3v) is 4.60. The molecule has 0 aliphatic carbocycles. The molecule has 2 heterocycles. The molecule has 140 valence electrons. The van der Waals surface area contributed by atoms with Gasteiger partial charge in [0.1, 0.15) is 0 Å². The van der Waals surface area contributed by atoms with Gasteiger partial charge in [-0.05, 0) is 24.3 Å². The van der Waals surface area contributed by atoms with Gasteiger partial charge in [-0.2, -0.15) is 0 Å². The maximum atomic E-state index is 13.3. The lowest BCUT2D eigenvalue weighted by Gasteiger charge is -2.10. The van der Waals surface area contributed by atoms with Crippen molar-refractivity contribution in [2.24, 2.45) is 0 Å². The molecule has 0 bridgehead atoms. The number of rotatable bonds is 3. The van der Waals surface area contributed by atoms with Crippen LogP contribution in [0.3, 0.4) is 0 Å². The first-order chi connectivity index (χ1) is 14.2. The SMILES string of the molecule is Nc1ccccc1-c1nnc(-n2c(-c3ccccc3)nc3ccccc3c2=O)o1. The lowest BCUT2D eigenvalue weighted by Crippen LogP contribution is -2.22. The zero-order valence-corrected chi connectivity index (χ0v) is 15.2. The first-order valence-electron chi connectivity index (χ1n) is 8.98. The summed E-state index contributed by atoms with van der Waals surface area (Å²) in [4.78, 5) is 18.0. The van der Waals surface area contributed by atoms with Gasteiger partial charge in [-0.25, -0.2) is 9.55 Å². The van der Waals surface area contributed by atoms with E-state index < -0.39 is 0 Å². The average molecular weight is 381 g/mol. The van der Waals surface area contributed by atoms with E-state index in [-0.39, 0.29) is 17.5 Å². The van der Waals surface area contributed by atoms with Gasteiger partial charge in [-0.15, -0.1) is 5.10 Å². The summed E-state index contributed by atoms with van der Waals surface area (Å²) in [6, 6.07) is 23.8. The van der Waals surface area contributed by atoms with Crippen LogP contribution in [-0.2, 0) is 0 Å². The van der Waals surface area contributed by atoms with Crippen molar-refractivity contribution in [3.63, 3.8) is 0 Å². The molecule has 3 aromatic carbocycles. The van der Waals surface area contributed by atoms with Crippen LogP contribution in [0.5, 0.6) is 0 Å². The van der Waals surface area contributed by atoms with Crippen molar-refractivity contribution >= 4 is 16.6 Å². The summed E-state index contributed by atoms with van der Waals surface area (Å²) < 4.78 is 7.19. The maximum Gasteiger partial charge on any atom is 0.331 e. The molecule has 2 aromatic heterocycles. The molecule has 7 heteroatoms. The van der Waals surface area contributed by atoms with Crippen molar-refractivity contribution in [1.82, 2.24) is 19.7 Å². The highest BCUT2D eigenvalue weighted by molar-refractivity contribution is 5.80. The molecule has 0 spiro atoms. The Morgan fingerprint density at radius 3 is 2.38 bits per heavy atom. The summed E-state index contributed by atoms with van der Waals surface area (Å²) in [6.07, 6.45) is 0. The Hall–Kier alpha value is -4.26. The first-order valence-corrected chi connectivity index (χ1v) is 8.98. The molecule has 2 N–H and O–H groups in total. The minimum absolute atomic E-state index is 0.0327. The van der Waals surface area contributed by atoms with Gasteiger partial charge >= 0.3 is 6.01 Å². The van der Waals surface area contributed by atoms with Crippen molar-refractivity contribution < 1.29 is 4.42 Å². The van der Waals surface area contributed by atoms with Gasteiger partial charge in [0, 0.05) is 11.3 Å². The third-order valence-electron chi connectivity index (χ3n) is 4.60. The lowest BCUT2D eigenvalue weighted by atomic mass is 10.2. The number of nitrogen functional groups attached to an aromatic ring is 1. The highest BCUT2D eigenvalue weighted by Crippen LogP contribution is 2.27. The second-order valence-corrected chi connectivity index (χ2v) is 6.44. The second kappa shape index (κ2) is 6.72. The Bertz CT molecular complexity index is 1390. The van der Waals surface area contributed by atoms with Gasteiger partial charge < -0.3 is 10.2 Å². The van der Waals surface area contributed by atoms with Gasteiger partial charge in [0.05, 0.1) is 16.5 Å². The number of hydrogen-bond acceptors (Lipinski definition) is 6. The molecule has 5 aromatic rings. The quantitative estimate of drug-likeness (QED) is 0.479. The summed E-state index contributed by atoms with van der Waals surface area (Å²) >= 11 is 0. The Morgan fingerprint density at radius 2 is 1.55 bits per heavy atom. The predicted octanol–water partition coefficient (Wildman–Crippen LogP) is 3.68. The minimum Gasteiger partial charge on any atom is -0.403 e. The Labute approximate surface area is 165 Å². The second-order valence-electron chi connectivity index (χ2n) is 6.44. The van der Waals surface area contributed by atoms with Crippen LogP contribution in [0.25, 0.3) is 39.8 Å². The summed E-state index contributed by atoms with van der Waals surface area (Å²) in [5, 5.41) is 8.67. The Kier molecular flexibility index (Phi) is 3.91. The molecule has 29 heavy (non-hydrogen) atoms. The Morgan fingerprint density at radius 1 is 0.828 bits per heavy atom. The largest absolute Gasteiger partial charge is 0.403 e. The number of fused-ring (bicyclic) bond motifs is 1. The summed E-state index contributed by atoms with van der Waals surface area (Å²) in [6.45, 7) is 0. The fraction of sp³-hybridized carbons (Fsp3) is 0. The smallest absolute Gasteiger partial charge is 0.331 e. The predicted molar refractivity (Wildman–Crippen MR) is 110 cm³/mol. The molecular weight excluding hydrogens is 366 g/mol.